The molecule has 0 atom stereocenters. The lowest BCUT2D eigenvalue weighted by molar-refractivity contribution is 0.660. The van der Waals surface area contributed by atoms with E-state index in [-0.39, 0.29) is 5.41 Å². The summed E-state index contributed by atoms with van der Waals surface area (Å²) >= 11 is 0. The van der Waals surface area contributed by atoms with Gasteiger partial charge in [-0.15, -0.1) is 0 Å². The van der Waals surface area contributed by atoms with Gasteiger partial charge < -0.3 is 14.0 Å². The fraction of sp³-hybridized carbons (Fsp3) is 0.0476. The molecule has 3 heteroatoms. The van der Waals surface area contributed by atoms with Gasteiger partial charge in [0, 0.05) is 55.3 Å². The molecule has 10 aromatic carbocycles. The van der Waals surface area contributed by atoms with E-state index in [0.29, 0.717) is 0 Å². The maximum atomic E-state index is 2.46. The number of rotatable bonds is 7. The van der Waals surface area contributed by atoms with Gasteiger partial charge in [-0.2, -0.15) is 0 Å². The van der Waals surface area contributed by atoms with Crippen LogP contribution in [-0.2, 0) is 5.41 Å². The maximum Gasteiger partial charge on any atom is 0.0541 e. The van der Waals surface area contributed by atoms with Crippen LogP contribution in [0.1, 0.15) is 25.0 Å². The third kappa shape index (κ3) is 5.83. The van der Waals surface area contributed by atoms with Crippen molar-refractivity contribution in [2.75, 3.05) is 4.90 Å². The summed E-state index contributed by atoms with van der Waals surface area (Å²) in [7, 11) is 0. The normalized spacial score (nSPS) is 12.8. The van der Waals surface area contributed by atoms with E-state index in [0.717, 1.165) is 22.7 Å². The molecule has 66 heavy (non-hydrogen) atoms. The molecular formula is C63H45N3. The first-order chi connectivity index (χ1) is 32.5. The van der Waals surface area contributed by atoms with Crippen LogP contribution in [0.4, 0.5) is 17.1 Å². The van der Waals surface area contributed by atoms with E-state index in [1.165, 1.54) is 93.8 Å². The predicted molar refractivity (Wildman–Crippen MR) is 278 cm³/mol. The highest BCUT2D eigenvalue weighted by atomic mass is 15.1. The second kappa shape index (κ2) is 14.8. The van der Waals surface area contributed by atoms with E-state index in [1.807, 2.05) is 0 Å². The van der Waals surface area contributed by atoms with Gasteiger partial charge >= 0.3 is 0 Å². The number of hydrogen-bond acceptors (Lipinski definition) is 1. The van der Waals surface area contributed by atoms with Gasteiger partial charge in [0.1, 0.15) is 0 Å². The van der Waals surface area contributed by atoms with Crippen LogP contribution in [0, 0.1) is 0 Å². The summed E-state index contributed by atoms with van der Waals surface area (Å²) in [5.41, 5.74) is 20.4. The van der Waals surface area contributed by atoms with Crippen LogP contribution in [0.2, 0.25) is 0 Å². The average Bonchev–Trinajstić information content (AvgIpc) is 3.97. The summed E-state index contributed by atoms with van der Waals surface area (Å²) in [5, 5.41) is 4.98. The highest BCUT2D eigenvalue weighted by Gasteiger charge is 2.36. The number of fused-ring (bicyclic) bond motifs is 9. The Balaban J connectivity index is 0.966. The molecule has 0 aliphatic heterocycles. The Hall–Kier alpha value is -8.40. The largest absolute Gasteiger partial charge is 0.310 e. The molecule has 1 aliphatic rings. The summed E-state index contributed by atoms with van der Waals surface area (Å²) in [4.78, 5) is 2.46. The molecule has 2 heterocycles. The zero-order valence-corrected chi connectivity index (χ0v) is 36.9. The van der Waals surface area contributed by atoms with Crippen molar-refractivity contribution in [1.29, 1.82) is 0 Å². The monoisotopic (exact) mass is 843 g/mol. The standard InChI is InChI=1S/C63H45N3/c1-63(2)56-25-13-9-22-50(56)51-36-35-48(41-57(51)63)64(47-33-29-42(30-34-47)43-31-37-61-54(39-43)52-23-11-15-27-59(52)65(61)45-17-5-3-6-18-45)58-26-14-10-21-49(58)44-32-38-62-55(40-44)53-24-12-16-28-60(53)66(62)46-19-7-4-8-20-46/h3-41H,1-2H3. The van der Waals surface area contributed by atoms with Crippen molar-refractivity contribution in [3.63, 3.8) is 0 Å². The van der Waals surface area contributed by atoms with Gasteiger partial charge in [0.2, 0.25) is 0 Å². The number of hydrogen-bond donors (Lipinski definition) is 0. The van der Waals surface area contributed by atoms with Crippen molar-refractivity contribution in [2.45, 2.75) is 19.3 Å². The maximum absolute atomic E-state index is 2.46. The smallest absolute Gasteiger partial charge is 0.0541 e. The van der Waals surface area contributed by atoms with E-state index in [4.69, 9.17) is 0 Å². The lowest BCUT2D eigenvalue weighted by Crippen LogP contribution is -2.16. The van der Waals surface area contributed by atoms with Gasteiger partial charge in [-0.3, -0.25) is 0 Å². The fourth-order valence-corrected chi connectivity index (χ4v) is 11.0. The van der Waals surface area contributed by atoms with Crippen LogP contribution in [0.15, 0.2) is 237 Å². The zero-order chi connectivity index (χ0) is 43.9. The lowest BCUT2D eigenvalue weighted by atomic mass is 9.82. The van der Waals surface area contributed by atoms with Gasteiger partial charge in [0.15, 0.2) is 0 Å². The molecule has 0 spiro atoms. The Kier molecular flexibility index (Phi) is 8.56. The van der Waals surface area contributed by atoms with Crippen molar-refractivity contribution in [2.24, 2.45) is 0 Å². The highest BCUT2D eigenvalue weighted by Crippen LogP contribution is 2.51. The molecule has 0 amide bonds. The molecule has 0 saturated carbocycles. The molecule has 13 rings (SSSR count). The summed E-state index contributed by atoms with van der Waals surface area (Å²) in [6.45, 7) is 4.73. The van der Waals surface area contributed by atoms with Gasteiger partial charge in [0.05, 0.1) is 27.8 Å². The van der Waals surface area contributed by atoms with Crippen LogP contribution in [-0.4, -0.2) is 9.13 Å². The third-order valence-corrected chi connectivity index (χ3v) is 14.1. The second-order valence-electron chi connectivity index (χ2n) is 18.1. The number of nitrogens with zero attached hydrogens (tertiary/aromatic N) is 3. The quantitative estimate of drug-likeness (QED) is 0.156. The second-order valence-corrected chi connectivity index (χ2v) is 18.1. The van der Waals surface area contributed by atoms with Gasteiger partial charge in [-0.25, -0.2) is 0 Å². The van der Waals surface area contributed by atoms with E-state index in [9.17, 15) is 0 Å². The minimum absolute atomic E-state index is 0.142. The van der Waals surface area contributed by atoms with E-state index >= 15 is 0 Å². The van der Waals surface area contributed by atoms with Crippen molar-refractivity contribution in [3.05, 3.63) is 248 Å². The zero-order valence-electron chi connectivity index (χ0n) is 36.9. The highest BCUT2D eigenvalue weighted by molar-refractivity contribution is 6.12. The Morgan fingerprint density at radius 3 is 1.44 bits per heavy atom. The number of aromatic nitrogens is 2. The average molecular weight is 844 g/mol. The SMILES string of the molecule is CC1(C)c2ccccc2-c2ccc(N(c3ccc(-c4ccc5c(c4)c4ccccc4n5-c4ccccc4)cc3)c3ccccc3-c3ccc4c(c3)c3ccccc3n4-c3ccccc3)cc21. The van der Waals surface area contributed by atoms with Crippen molar-refractivity contribution in [3.8, 4) is 44.8 Å². The number of para-hydroxylation sites is 5. The summed E-state index contributed by atoms with van der Waals surface area (Å²) in [5.74, 6) is 0. The van der Waals surface area contributed by atoms with Gasteiger partial charge in [0.25, 0.3) is 0 Å². The van der Waals surface area contributed by atoms with Gasteiger partial charge in [-0.05, 0) is 130 Å². The van der Waals surface area contributed by atoms with Crippen molar-refractivity contribution >= 4 is 60.7 Å². The van der Waals surface area contributed by atoms with Crippen LogP contribution >= 0.6 is 0 Å². The topological polar surface area (TPSA) is 13.1 Å². The van der Waals surface area contributed by atoms with Crippen LogP contribution in [0.5, 0.6) is 0 Å². The van der Waals surface area contributed by atoms with Crippen molar-refractivity contribution < 1.29 is 0 Å². The molecule has 1 aliphatic carbocycles. The van der Waals surface area contributed by atoms with Crippen LogP contribution in [0.25, 0.3) is 88.4 Å². The lowest BCUT2D eigenvalue weighted by Gasteiger charge is -2.30. The number of benzene rings is 10. The summed E-state index contributed by atoms with van der Waals surface area (Å²) in [6, 6.07) is 86.9. The molecule has 0 saturated heterocycles. The van der Waals surface area contributed by atoms with Crippen LogP contribution in [0.3, 0.4) is 0 Å². The molecule has 12 aromatic rings. The van der Waals surface area contributed by atoms with Crippen LogP contribution < -0.4 is 4.90 Å². The van der Waals surface area contributed by atoms with E-state index < -0.39 is 0 Å². The van der Waals surface area contributed by atoms with Crippen molar-refractivity contribution in [1.82, 2.24) is 9.13 Å². The van der Waals surface area contributed by atoms with E-state index in [1.54, 1.807) is 0 Å². The Morgan fingerprint density at radius 1 is 0.318 bits per heavy atom. The minimum atomic E-state index is -0.142. The first-order valence-corrected chi connectivity index (χ1v) is 22.9. The first-order valence-electron chi connectivity index (χ1n) is 22.9. The third-order valence-electron chi connectivity index (χ3n) is 14.1. The van der Waals surface area contributed by atoms with Gasteiger partial charge in [-0.1, -0.05) is 159 Å². The molecule has 3 nitrogen and oxygen atoms in total. The Bertz CT molecular complexity index is 3830. The molecule has 0 radical (unpaired) electrons. The molecule has 0 fully saturated rings. The van der Waals surface area contributed by atoms with E-state index in [2.05, 4.69) is 264 Å². The predicted octanol–water partition coefficient (Wildman–Crippen LogP) is 17.0. The summed E-state index contributed by atoms with van der Waals surface area (Å²) in [6.07, 6.45) is 0. The number of anilines is 3. The summed E-state index contributed by atoms with van der Waals surface area (Å²) < 4.78 is 4.76. The Labute approximate surface area is 384 Å². The fourth-order valence-electron chi connectivity index (χ4n) is 11.0. The first kappa shape index (κ1) is 38.1. The molecule has 312 valence electrons. The molecular weight excluding hydrogens is 799 g/mol. The molecule has 2 aromatic heterocycles. The molecule has 0 bridgehead atoms. The molecule has 0 N–H and O–H groups in total. The molecule has 0 unspecified atom stereocenters. The minimum Gasteiger partial charge on any atom is -0.310 e. The Morgan fingerprint density at radius 2 is 0.788 bits per heavy atom.